The SMILES string of the molecule is C[C@@H](Cc1sc2c(OC(=O)NCc3ccco3)cc(Cl)nc2c1C1CC1)NC(=O)OC(C)(C)C. The largest absolute Gasteiger partial charge is 0.467 e. The van der Waals surface area contributed by atoms with E-state index in [1.54, 1.807) is 24.5 Å². The van der Waals surface area contributed by atoms with Crippen molar-refractivity contribution in [1.29, 1.82) is 0 Å². The van der Waals surface area contributed by atoms with Gasteiger partial charge in [0.2, 0.25) is 0 Å². The van der Waals surface area contributed by atoms with Crippen LogP contribution in [0.3, 0.4) is 0 Å². The minimum absolute atomic E-state index is 0.156. The molecule has 182 valence electrons. The third-order valence-corrected chi connectivity index (χ3v) is 6.54. The fourth-order valence-electron chi connectivity index (χ4n) is 3.64. The van der Waals surface area contributed by atoms with E-state index in [0.717, 1.165) is 33.5 Å². The maximum atomic E-state index is 12.4. The average Bonchev–Trinajstić information content (AvgIpc) is 3.27. The van der Waals surface area contributed by atoms with Crippen LogP contribution in [-0.4, -0.2) is 28.8 Å². The number of ether oxygens (including phenoxy) is 2. The van der Waals surface area contributed by atoms with E-state index >= 15 is 0 Å². The number of hydrogen-bond acceptors (Lipinski definition) is 7. The first-order valence-electron chi connectivity index (χ1n) is 11.2. The Bertz CT molecular complexity index is 1180. The van der Waals surface area contributed by atoms with Crippen LogP contribution in [0.25, 0.3) is 10.2 Å². The second-order valence-electron chi connectivity index (χ2n) is 9.41. The van der Waals surface area contributed by atoms with Crippen molar-refractivity contribution in [3.8, 4) is 5.75 Å². The molecule has 0 unspecified atom stereocenters. The van der Waals surface area contributed by atoms with Crippen LogP contribution in [0.4, 0.5) is 9.59 Å². The molecule has 0 saturated heterocycles. The maximum absolute atomic E-state index is 12.4. The van der Waals surface area contributed by atoms with Crippen LogP contribution >= 0.6 is 22.9 Å². The number of carbonyl (C=O) groups is 2. The Hall–Kier alpha value is -2.78. The van der Waals surface area contributed by atoms with Crippen LogP contribution in [-0.2, 0) is 17.7 Å². The zero-order chi connectivity index (χ0) is 24.5. The second-order valence-corrected chi connectivity index (χ2v) is 10.9. The highest BCUT2D eigenvalue weighted by Gasteiger charge is 2.32. The topological polar surface area (TPSA) is 103 Å². The van der Waals surface area contributed by atoms with E-state index in [-0.39, 0.29) is 17.7 Å². The van der Waals surface area contributed by atoms with Crippen molar-refractivity contribution in [3.63, 3.8) is 0 Å². The van der Waals surface area contributed by atoms with E-state index < -0.39 is 17.8 Å². The third-order valence-electron chi connectivity index (χ3n) is 5.12. The van der Waals surface area contributed by atoms with Crippen molar-refractivity contribution in [2.75, 3.05) is 0 Å². The minimum Gasteiger partial charge on any atom is -0.467 e. The number of pyridine rings is 1. The van der Waals surface area contributed by atoms with Gasteiger partial charge in [0, 0.05) is 23.4 Å². The highest BCUT2D eigenvalue weighted by Crippen LogP contribution is 2.49. The summed E-state index contributed by atoms with van der Waals surface area (Å²) >= 11 is 7.82. The van der Waals surface area contributed by atoms with Gasteiger partial charge in [-0.05, 0) is 64.2 Å². The van der Waals surface area contributed by atoms with Gasteiger partial charge in [-0.15, -0.1) is 11.3 Å². The van der Waals surface area contributed by atoms with Crippen LogP contribution in [0, 0.1) is 0 Å². The maximum Gasteiger partial charge on any atom is 0.413 e. The monoisotopic (exact) mass is 505 g/mol. The van der Waals surface area contributed by atoms with Gasteiger partial charge in [0.1, 0.15) is 16.5 Å². The number of aromatic nitrogens is 1. The molecule has 0 aliphatic heterocycles. The van der Waals surface area contributed by atoms with Crippen LogP contribution in [0.1, 0.15) is 62.7 Å². The van der Waals surface area contributed by atoms with Gasteiger partial charge in [-0.2, -0.15) is 0 Å². The van der Waals surface area contributed by atoms with Gasteiger partial charge in [-0.3, -0.25) is 0 Å². The Kier molecular flexibility index (Phi) is 7.04. The number of alkyl carbamates (subject to hydrolysis) is 1. The van der Waals surface area contributed by atoms with Gasteiger partial charge in [-0.25, -0.2) is 14.6 Å². The molecule has 4 rings (SSSR count). The molecule has 3 aromatic rings. The lowest BCUT2D eigenvalue weighted by atomic mass is 10.1. The Morgan fingerprint density at radius 1 is 1.32 bits per heavy atom. The molecule has 0 radical (unpaired) electrons. The molecule has 3 heterocycles. The first kappa shape index (κ1) is 24.3. The fourth-order valence-corrected chi connectivity index (χ4v) is 5.23. The summed E-state index contributed by atoms with van der Waals surface area (Å²) < 4.78 is 17.0. The van der Waals surface area contributed by atoms with E-state index in [9.17, 15) is 9.59 Å². The summed E-state index contributed by atoms with van der Waals surface area (Å²) in [6.07, 6.45) is 3.23. The number of furan rings is 1. The first-order chi connectivity index (χ1) is 16.1. The summed E-state index contributed by atoms with van der Waals surface area (Å²) in [5, 5.41) is 5.83. The van der Waals surface area contributed by atoms with E-state index in [0.29, 0.717) is 23.8 Å². The van der Waals surface area contributed by atoms with Crippen LogP contribution < -0.4 is 15.4 Å². The van der Waals surface area contributed by atoms with Crippen LogP contribution in [0.2, 0.25) is 5.15 Å². The molecule has 3 aromatic heterocycles. The first-order valence-corrected chi connectivity index (χ1v) is 12.4. The Labute approximate surface area is 207 Å². The van der Waals surface area contributed by atoms with Gasteiger partial charge in [0.15, 0.2) is 5.75 Å². The zero-order valence-electron chi connectivity index (χ0n) is 19.6. The highest BCUT2D eigenvalue weighted by molar-refractivity contribution is 7.19. The van der Waals surface area contributed by atoms with Gasteiger partial charge >= 0.3 is 12.2 Å². The quantitative estimate of drug-likeness (QED) is 0.372. The molecule has 1 aliphatic rings. The summed E-state index contributed by atoms with van der Waals surface area (Å²) in [6, 6.07) is 4.91. The van der Waals surface area contributed by atoms with Crippen LogP contribution in [0.15, 0.2) is 28.9 Å². The lowest BCUT2D eigenvalue weighted by Crippen LogP contribution is -2.38. The molecule has 1 atom stereocenters. The molecule has 8 nitrogen and oxygen atoms in total. The Balaban J connectivity index is 1.54. The van der Waals surface area contributed by atoms with Crippen molar-refractivity contribution >= 4 is 45.3 Å². The van der Waals surface area contributed by atoms with Crippen molar-refractivity contribution in [1.82, 2.24) is 15.6 Å². The number of nitrogens with zero attached hydrogens (tertiary/aromatic N) is 1. The number of thiophene rings is 1. The number of carbonyl (C=O) groups excluding carboxylic acids is 2. The summed E-state index contributed by atoms with van der Waals surface area (Å²) in [5.41, 5.74) is 1.32. The smallest absolute Gasteiger partial charge is 0.413 e. The number of halogens is 1. The summed E-state index contributed by atoms with van der Waals surface area (Å²) in [4.78, 5) is 30.3. The van der Waals surface area contributed by atoms with Crippen molar-refractivity contribution < 1.29 is 23.5 Å². The average molecular weight is 506 g/mol. The predicted octanol–water partition coefficient (Wildman–Crippen LogP) is 6.16. The molecule has 34 heavy (non-hydrogen) atoms. The Morgan fingerprint density at radius 2 is 2.09 bits per heavy atom. The molecule has 0 aromatic carbocycles. The van der Waals surface area contributed by atoms with Crippen molar-refractivity contribution in [2.45, 2.75) is 71.1 Å². The minimum atomic E-state index is -0.608. The second kappa shape index (κ2) is 9.84. The summed E-state index contributed by atoms with van der Waals surface area (Å²) in [5.74, 6) is 1.37. The van der Waals surface area contributed by atoms with E-state index in [4.69, 9.17) is 25.5 Å². The molecule has 2 N–H and O–H groups in total. The molecule has 10 heteroatoms. The van der Waals surface area contributed by atoms with Crippen LogP contribution in [0.5, 0.6) is 5.75 Å². The van der Waals surface area contributed by atoms with Gasteiger partial charge in [-0.1, -0.05) is 11.6 Å². The third kappa shape index (κ3) is 6.21. The lowest BCUT2D eigenvalue weighted by Gasteiger charge is -2.22. The normalized spacial score (nSPS) is 14.6. The molecule has 1 aliphatic carbocycles. The van der Waals surface area contributed by atoms with Gasteiger partial charge < -0.3 is 24.5 Å². The molecular weight excluding hydrogens is 478 g/mol. The number of hydrogen-bond donors (Lipinski definition) is 2. The van der Waals surface area contributed by atoms with E-state index in [2.05, 4.69) is 15.6 Å². The van der Waals surface area contributed by atoms with E-state index in [1.165, 1.54) is 11.3 Å². The molecule has 0 spiro atoms. The predicted molar refractivity (Wildman–Crippen MR) is 131 cm³/mol. The van der Waals surface area contributed by atoms with Gasteiger partial charge in [0.25, 0.3) is 0 Å². The fraction of sp³-hybridized carbons (Fsp3) is 0.458. The summed E-state index contributed by atoms with van der Waals surface area (Å²) in [6.45, 7) is 7.64. The number of amides is 2. The van der Waals surface area contributed by atoms with Gasteiger partial charge in [0.05, 0.1) is 23.0 Å². The Morgan fingerprint density at radius 3 is 2.74 bits per heavy atom. The number of fused-ring (bicyclic) bond motifs is 1. The standard InChI is InChI=1S/C24H28ClN3O5S/c1-13(27-23(30)33-24(2,3)4)10-17-19(14-7-8-14)20-21(34-17)16(11-18(25)28-20)32-22(29)26-12-15-6-5-9-31-15/h5-6,9,11,13-14H,7-8,10,12H2,1-4H3,(H,26,29)(H,27,30)/t13-/m0/s1. The van der Waals surface area contributed by atoms with E-state index in [1.807, 2.05) is 27.7 Å². The molecule has 1 saturated carbocycles. The number of rotatable bonds is 7. The zero-order valence-corrected chi connectivity index (χ0v) is 21.1. The highest BCUT2D eigenvalue weighted by atomic mass is 35.5. The summed E-state index contributed by atoms with van der Waals surface area (Å²) in [7, 11) is 0. The molecule has 2 amide bonds. The molecular formula is C24H28ClN3O5S. The van der Waals surface area contributed by atoms with Crippen molar-refractivity contribution in [2.24, 2.45) is 0 Å². The molecule has 0 bridgehead atoms. The molecule has 1 fully saturated rings. The van der Waals surface area contributed by atoms with Crippen molar-refractivity contribution in [3.05, 3.63) is 45.8 Å². The lowest BCUT2D eigenvalue weighted by molar-refractivity contribution is 0.0508. The number of nitrogens with one attached hydrogen (secondary N) is 2.